The summed E-state index contributed by atoms with van der Waals surface area (Å²) in [5.41, 5.74) is 3.97. The number of rotatable bonds is 6. The highest BCUT2D eigenvalue weighted by molar-refractivity contribution is 6.39. The van der Waals surface area contributed by atoms with E-state index in [1.54, 1.807) is 48.5 Å². The van der Waals surface area contributed by atoms with Gasteiger partial charge in [0.05, 0.1) is 6.21 Å². The standard InChI is InChI=1S/C17H15Cl2N3O2/c1-2-24-20-11-16(12-5-3-7-14(18)9-12)21-22-17(23)13-6-4-8-15(19)10-13/h3-11H,2H2,1H3,(H,22,23)/b20-11-,21-16+. The summed E-state index contributed by atoms with van der Waals surface area (Å²) in [6.07, 6.45) is 1.41. The van der Waals surface area contributed by atoms with Crippen LogP contribution >= 0.6 is 23.2 Å². The number of carbonyl (C=O) groups is 1. The smallest absolute Gasteiger partial charge is 0.271 e. The van der Waals surface area contributed by atoms with Crippen LogP contribution in [0.2, 0.25) is 10.0 Å². The van der Waals surface area contributed by atoms with Gasteiger partial charge in [-0.2, -0.15) is 5.10 Å². The Morgan fingerprint density at radius 3 is 2.38 bits per heavy atom. The van der Waals surface area contributed by atoms with Crippen LogP contribution in [0.15, 0.2) is 58.8 Å². The first kappa shape index (κ1) is 18.0. The number of nitrogens with one attached hydrogen (secondary N) is 1. The topological polar surface area (TPSA) is 63.1 Å². The van der Waals surface area contributed by atoms with Crippen molar-refractivity contribution in [2.45, 2.75) is 6.92 Å². The predicted octanol–water partition coefficient (Wildman–Crippen LogP) is 4.15. The first-order chi connectivity index (χ1) is 11.6. The molecule has 0 spiro atoms. The molecule has 0 bridgehead atoms. The van der Waals surface area contributed by atoms with Gasteiger partial charge < -0.3 is 4.84 Å². The molecule has 0 atom stereocenters. The molecule has 2 aromatic carbocycles. The van der Waals surface area contributed by atoms with Crippen LogP contribution in [-0.2, 0) is 4.84 Å². The maximum atomic E-state index is 12.2. The number of amides is 1. The molecule has 1 N–H and O–H groups in total. The number of hydrogen-bond acceptors (Lipinski definition) is 4. The lowest BCUT2D eigenvalue weighted by Crippen LogP contribution is -2.20. The maximum Gasteiger partial charge on any atom is 0.271 e. The molecule has 2 aromatic rings. The van der Waals surface area contributed by atoms with E-state index in [0.717, 1.165) is 0 Å². The molecule has 0 saturated heterocycles. The van der Waals surface area contributed by atoms with Crippen molar-refractivity contribution in [2.75, 3.05) is 6.61 Å². The van der Waals surface area contributed by atoms with Crippen molar-refractivity contribution in [3.8, 4) is 0 Å². The molecular weight excluding hydrogens is 349 g/mol. The molecule has 0 aliphatic rings. The fourth-order valence-corrected chi connectivity index (χ4v) is 2.16. The third kappa shape index (κ3) is 5.37. The summed E-state index contributed by atoms with van der Waals surface area (Å²) >= 11 is 11.9. The van der Waals surface area contributed by atoms with E-state index in [4.69, 9.17) is 28.0 Å². The fraction of sp³-hybridized carbons (Fsp3) is 0.118. The number of halogens is 2. The summed E-state index contributed by atoms with van der Waals surface area (Å²) in [5, 5.41) is 8.91. The van der Waals surface area contributed by atoms with Crippen LogP contribution in [0.25, 0.3) is 0 Å². The van der Waals surface area contributed by atoms with Crippen LogP contribution < -0.4 is 5.43 Å². The number of hydrogen-bond donors (Lipinski definition) is 1. The van der Waals surface area contributed by atoms with Crippen LogP contribution in [0.3, 0.4) is 0 Å². The van der Waals surface area contributed by atoms with Gasteiger partial charge in [0, 0.05) is 21.2 Å². The molecule has 0 fully saturated rings. The molecule has 0 unspecified atom stereocenters. The molecule has 0 saturated carbocycles. The van der Waals surface area contributed by atoms with Gasteiger partial charge in [-0.25, -0.2) is 5.43 Å². The van der Waals surface area contributed by atoms with E-state index in [1.807, 2.05) is 6.92 Å². The molecule has 2 rings (SSSR count). The van der Waals surface area contributed by atoms with Gasteiger partial charge >= 0.3 is 0 Å². The second kappa shape index (κ2) is 9.05. The number of nitrogens with zero attached hydrogens (tertiary/aromatic N) is 2. The Kier molecular flexibility index (Phi) is 6.78. The summed E-state index contributed by atoms with van der Waals surface area (Å²) in [5.74, 6) is -0.387. The minimum absolute atomic E-state index is 0.387. The summed E-state index contributed by atoms with van der Waals surface area (Å²) in [6, 6.07) is 13.6. The molecule has 0 heterocycles. The van der Waals surface area contributed by atoms with Crippen molar-refractivity contribution >= 4 is 41.0 Å². The van der Waals surface area contributed by atoms with Crippen molar-refractivity contribution < 1.29 is 9.63 Å². The molecule has 5 nitrogen and oxygen atoms in total. The van der Waals surface area contributed by atoms with Gasteiger partial charge in [-0.3, -0.25) is 4.79 Å². The highest BCUT2D eigenvalue weighted by atomic mass is 35.5. The molecule has 7 heteroatoms. The third-order valence-electron chi connectivity index (χ3n) is 2.86. The minimum Gasteiger partial charge on any atom is -0.396 e. The zero-order chi connectivity index (χ0) is 17.4. The monoisotopic (exact) mass is 363 g/mol. The Morgan fingerprint density at radius 1 is 1.12 bits per heavy atom. The summed E-state index contributed by atoms with van der Waals surface area (Å²) < 4.78 is 0. The normalized spacial score (nSPS) is 11.5. The Bertz CT molecular complexity index is 776. The van der Waals surface area contributed by atoms with Crippen molar-refractivity contribution in [1.29, 1.82) is 0 Å². The summed E-state index contributed by atoms with van der Waals surface area (Å²) in [4.78, 5) is 17.1. The average molecular weight is 364 g/mol. The van der Waals surface area contributed by atoms with E-state index in [-0.39, 0.29) is 5.91 Å². The Balaban J connectivity index is 2.23. The first-order valence-corrected chi connectivity index (χ1v) is 7.90. The molecule has 24 heavy (non-hydrogen) atoms. The van der Waals surface area contributed by atoms with Crippen molar-refractivity contribution in [3.63, 3.8) is 0 Å². The summed E-state index contributed by atoms with van der Waals surface area (Å²) in [7, 11) is 0. The van der Waals surface area contributed by atoms with Crippen LogP contribution in [0.1, 0.15) is 22.8 Å². The fourth-order valence-electron chi connectivity index (χ4n) is 1.78. The predicted molar refractivity (Wildman–Crippen MR) is 97.0 cm³/mol. The van der Waals surface area contributed by atoms with Crippen LogP contribution in [0.5, 0.6) is 0 Å². The van der Waals surface area contributed by atoms with E-state index < -0.39 is 0 Å². The number of benzene rings is 2. The van der Waals surface area contributed by atoms with Gasteiger partial charge in [0.15, 0.2) is 0 Å². The molecule has 124 valence electrons. The average Bonchev–Trinajstić information content (AvgIpc) is 2.57. The Labute approximate surface area is 149 Å². The lowest BCUT2D eigenvalue weighted by molar-refractivity contribution is 0.0955. The Morgan fingerprint density at radius 2 is 1.75 bits per heavy atom. The second-order valence-corrected chi connectivity index (χ2v) is 5.48. The van der Waals surface area contributed by atoms with Crippen LogP contribution in [0.4, 0.5) is 0 Å². The number of carbonyl (C=O) groups excluding carboxylic acids is 1. The zero-order valence-electron chi connectivity index (χ0n) is 12.9. The van der Waals surface area contributed by atoms with E-state index >= 15 is 0 Å². The van der Waals surface area contributed by atoms with Crippen molar-refractivity contribution in [3.05, 3.63) is 69.7 Å². The van der Waals surface area contributed by atoms with E-state index in [1.165, 1.54) is 6.21 Å². The van der Waals surface area contributed by atoms with E-state index in [2.05, 4.69) is 15.7 Å². The largest absolute Gasteiger partial charge is 0.396 e. The molecule has 0 aliphatic heterocycles. The molecule has 0 aliphatic carbocycles. The van der Waals surface area contributed by atoms with Crippen molar-refractivity contribution in [1.82, 2.24) is 5.43 Å². The van der Waals surface area contributed by atoms with Crippen LogP contribution in [-0.4, -0.2) is 24.4 Å². The summed E-state index contributed by atoms with van der Waals surface area (Å²) in [6.45, 7) is 2.24. The van der Waals surface area contributed by atoms with Gasteiger partial charge in [0.2, 0.25) is 0 Å². The SMILES string of the molecule is CCO/N=C\C(=N/NC(=O)c1cccc(Cl)c1)c1cccc(Cl)c1. The Hall–Kier alpha value is -2.37. The van der Waals surface area contributed by atoms with Gasteiger partial charge in [-0.15, -0.1) is 0 Å². The molecular formula is C17H15Cl2N3O2. The number of oxime groups is 1. The molecule has 0 radical (unpaired) electrons. The van der Waals surface area contributed by atoms with Gasteiger partial charge in [0.1, 0.15) is 12.3 Å². The lowest BCUT2D eigenvalue weighted by Gasteiger charge is -2.04. The maximum absolute atomic E-state index is 12.2. The highest BCUT2D eigenvalue weighted by Crippen LogP contribution is 2.12. The van der Waals surface area contributed by atoms with E-state index in [0.29, 0.717) is 33.5 Å². The van der Waals surface area contributed by atoms with Gasteiger partial charge in [-0.1, -0.05) is 46.6 Å². The second-order valence-electron chi connectivity index (χ2n) is 4.61. The first-order valence-electron chi connectivity index (χ1n) is 7.15. The van der Waals surface area contributed by atoms with Crippen LogP contribution in [0, 0.1) is 0 Å². The quantitative estimate of drug-likeness (QED) is 0.618. The van der Waals surface area contributed by atoms with Gasteiger partial charge in [0.25, 0.3) is 5.91 Å². The zero-order valence-corrected chi connectivity index (χ0v) is 14.4. The number of hydrazone groups is 1. The van der Waals surface area contributed by atoms with Gasteiger partial charge in [-0.05, 0) is 37.3 Å². The third-order valence-corrected chi connectivity index (χ3v) is 3.33. The highest BCUT2D eigenvalue weighted by Gasteiger charge is 2.07. The van der Waals surface area contributed by atoms with Crippen molar-refractivity contribution in [2.24, 2.45) is 10.3 Å². The van der Waals surface area contributed by atoms with E-state index in [9.17, 15) is 4.79 Å². The molecule has 1 amide bonds. The molecule has 0 aromatic heterocycles. The minimum atomic E-state index is -0.387. The lowest BCUT2D eigenvalue weighted by atomic mass is 10.1.